The predicted molar refractivity (Wildman–Crippen MR) is 73.4 cm³/mol. The van der Waals surface area contributed by atoms with Gasteiger partial charge < -0.3 is 9.88 Å². The first kappa shape index (κ1) is 13.8. The molecule has 19 heavy (non-hydrogen) atoms. The van der Waals surface area contributed by atoms with Crippen LogP contribution in [0.2, 0.25) is 10.3 Å². The molecular weight excluding hydrogens is 287 g/mol. The monoisotopic (exact) mass is 298 g/mol. The molecule has 1 N–H and O–H groups in total. The van der Waals surface area contributed by atoms with Gasteiger partial charge >= 0.3 is 0 Å². The summed E-state index contributed by atoms with van der Waals surface area (Å²) in [7, 11) is 0. The van der Waals surface area contributed by atoms with E-state index in [0.29, 0.717) is 12.1 Å². The molecule has 0 aromatic carbocycles. The molecule has 1 amide bonds. The Kier molecular flexibility index (Phi) is 4.39. The van der Waals surface area contributed by atoms with E-state index in [1.807, 2.05) is 17.7 Å². The van der Waals surface area contributed by atoms with Gasteiger partial charge in [-0.1, -0.05) is 23.2 Å². The molecular formula is C12H12Cl2N4O. The number of amides is 1. The quantitative estimate of drug-likeness (QED) is 0.882. The summed E-state index contributed by atoms with van der Waals surface area (Å²) in [5, 5.41) is 3.25. The molecule has 2 aromatic rings. The molecule has 100 valence electrons. The van der Waals surface area contributed by atoms with E-state index >= 15 is 0 Å². The van der Waals surface area contributed by atoms with E-state index in [1.54, 1.807) is 12.5 Å². The van der Waals surface area contributed by atoms with Crippen molar-refractivity contribution in [3.05, 3.63) is 46.7 Å². The number of imidazole rings is 1. The number of nitrogens with one attached hydrogen (secondary N) is 1. The first-order chi connectivity index (χ1) is 9.04. The van der Waals surface area contributed by atoms with Crippen LogP contribution in [-0.2, 0) is 6.54 Å². The summed E-state index contributed by atoms with van der Waals surface area (Å²) >= 11 is 11.5. The highest BCUT2D eigenvalue weighted by atomic mass is 35.5. The van der Waals surface area contributed by atoms with Gasteiger partial charge in [0.1, 0.15) is 10.3 Å². The number of halogens is 2. The minimum absolute atomic E-state index is 0.0487. The molecule has 2 aromatic heterocycles. The summed E-state index contributed by atoms with van der Waals surface area (Å²) in [5.41, 5.74) is 0.391. The highest BCUT2D eigenvalue weighted by molar-refractivity contribution is 6.33. The Labute approximate surface area is 120 Å². The normalized spacial score (nSPS) is 12.2. The lowest BCUT2D eigenvalue weighted by Crippen LogP contribution is -2.35. The Balaban J connectivity index is 2.00. The molecule has 0 radical (unpaired) electrons. The SMILES string of the molecule is CC(Cn1ccnc1)NC(=O)c1cc(Cl)nc(Cl)c1. The van der Waals surface area contributed by atoms with Crippen LogP contribution in [0, 0.1) is 0 Å². The maximum absolute atomic E-state index is 12.0. The zero-order chi connectivity index (χ0) is 13.8. The zero-order valence-corrected chi connectivity index (χ0v) is 11.7. The number of aromatic nitrogens is 3. The third-order valence-corrected chi connectivity index (χ3v) is 2.83. The maximum atomic E-state index is 12.0. The zero-order valence-electron chi connectivity index (χ0n) is 10.2. The number of hydrogen-bond acceptors (Lipinski definition) is 3. The lowest BCUT2D eigenvalue weighted by Gasteiger charge is -2.14. The van der Waals surface area contributed by atoms with Gasteiger partial charge in [0.15, 0.2) is 0 Å². The minimum Gasteiger partial charge on any atom is -0.348 e. The van der Waals surface area contributed by atoms with Crippen LogP contribution in [-0.4, -0.2) is 26.5 Å². The number of carbonyl (C=O) groups excluding carboxylic acids is 1. The molecule has 1 unspecified atom stereocenters. The van der Waals surface area contributed by atoms with Crippen molar-refractivity contribution in [1.29, 1.82) is 0 Å². The van der Waals surface area contributed by atoms with E-state index < -0.39 is 0 Å². The Morgan fingerprint density at radius 2 is 2.11 bits per heavy atom. The highest BCUT2D eigenvalue weighted by Crippen LogP contribution is 2.14. The van der Waals surface area contributed by atoms with Gasteiger partial charge in [-0.3, -0.25) is 4.79 Å². The first-order valence-corrected chi connectivity index (χ1v) is 6.40. The molecule has 0 bridgehead atoms. The summed E-state index contributed by atoms with van der Waals surface area (Å²) in [6, 6.07) is 2.91. The van der Waals surface area contributed by atoms with Crippen molar-refractivity contribution >= 4 is 29.1 Å². The lowest BCUT2D eigenvalue weighted by atomic mass is 10.2. The summed E-state index contributed by atoms with van der Waals surface area (Å²) in [4.78, 5) is 19.7. The van der Waals surface area contributed by atoms with Crippen molar-refractivity contribution in [3.63, 3.8) is 0 Å². The van der Waals surface area contributed by atoms with Crippen LogP contribution in [0.15, 0.2) is 30.9 Å². The molecule has 7 heteroatoms. The number of rotatable bonds is 4. The van der Waals surface area contributed by atoms with Crippen molar-refractivity contribution in [2.75, 3.05) is 0 Å². The molecule has 2 rings (SSSR count). The Bertz CT molecular complexity index is 551. The van der Waals surface area contributed by atoms with Crippen LogP contribution in [0.5, 0.6) is 0 Å². The van der Waals surface area contributed by atoms with Crippen LogP contribution >= 0.6 is 23.2 Å². The van der Waals surface area contributed by atoms with Gasteiger partial charge in [0, 0.05) is 30.5 Å². The fourth-order valence-corrected chi connectivity index (χ4v) is 2.12. The molecule has 0 spiro atoms. The van der Waals surface area contributed by atoms with E-state index in [-0.39, 0.29) is 22.3 Å². The van der Waals surface area contributed by atoms with E-state index in [4.69, 9.17) is 23.2 Å². The molecule has 2 heterocycles. The topological polar surface area (TPSA) is 59.8 Å². The average Bonchev–Trinajstić information content (AvgIpc) is 2.80. The van der Waals surface area contributed by atoms with Crippen LogP contribution in [0.1, 0.15) is 17.3 Å². The third-order valence-electron chi connectivity index (χ3n) is 2.45. The molecule has 5 nitrogen and oxygen atoms in total. The van der Waals surface area contributed by atoms with Crippen molar-refractivity contribution in [3.8, 4) is 0 Å². The van der Waals surface area contributed by atoms with Crippen LogP contribution in [0.25, 0.3) is 0 Å². The van der Waals surface area contributed by atoms with Crippen molar-refractivity contribution < 1.29 is 4.79 Å². The maximum Gasteiger partial charge on any atom is 0.251 e. The summed E-state index contributed by atoms with van der Waals surface area (Å²) < 4.78 is 1.89. The van der Waals surface area contributed by atoms with E-state index in [0.717, 1.165) is 0 Å². The summed E-state index contributed by atoms with van der Waals surface area (Å²) in [6.45, 7) is 2.54. The van der Waals surface area contributed by atoms with Crippen LogP contribution < -0.4 is 5.32 Å². The molecule has 0 aliphatic carbocycles. The number of carbonyl (C=O) groups is 1. The Morgan fingerprint density at radius 3 is 2.68 bits per heavy atom. The second-order valence-electron chi connectivity index (χ2n) is 4.14. The van der Waals surface area contributed by atoms with Gasteiger partial charge in [-0.2, -0.15) is 0 Å². The number of hydrogen-bond donors (Lipinski definition) is 1. The third kappa shape index (κ3) is 3.94. The van der Waals surface area contributed by atoms with Gasteiger partial charge in [0.2, 0.25) is 0 Å². The molecule has 0 saturated heterocycles. The van der Waals surface area contributed by atoms with Gasteiger partial charge in [0.25, 0.3) is 5.91 Å². The van der Waals surface area contributed by atoms with Crippen LogP contribution in [0.3, 0.4) is 0 Å². The Morgan fingerprint density at radius 1 is 1.42 bits per heavy atom. The molecule has 0 saturated carbocycles. The van der Waals surface area contributed by atoms with Crippen molar-refractivity contribution in [2.45, 2.75) is 19.5 Å². The molecule has 0 aliphatic heterocycles. The van der Waals surface area contributed by atoms with E-state index in [9.17, 15) is 4.79 Å². The van der Waals surface area contributed by atoms with Gasteiger partial charge in [0.05, 0.1) is 6.33 Å². The first-order valence-electron chi connectivity index (χ1n) is 5.64. The molecule has 0 fully saturated rings. The fraction of sp³-hybridized carbons (Fsp3) is 0.250. The second kappa shape index (κ2) is 6.04. The van der Waals surface area contributed by atoms with Gasteiger partial charge in [-0.15, -0.1) is 0 Å². The lowest BCUT2D eigenvalue weighted by molar-refractivity contribution is 0.0936. The van der Waals surface area contributed by atoms with E-state index in [2.05, 4.69) is 15.3 Å². The van der Waals surface area contributed by atoms with Crippen LogP contribution in [0.4, 0.5) is 0 Å². The van der Waals surface area contributed by atoms with Crippen molar-refractivity contribution in [1.82, 2.24) is 19.9 Å². The highest BCUT2D eigenvalue weighted by Gasteiger charge is 2.12. The predicted octanol–water partition coefficient (Wildman–Crippen LogP) is 2.40. The average molecular weight is 299 g/mol. The standard InChI is InChI=1S/C12H12Cl2N4O/c1-8(6-18-3-2-15-7-18)16-12(19)9-4-10(13)17-11(14)5-9/h2-5,7-8H,6H2,1H3,(H,16,19). The molecule has 0 aliphatic rings. The van der Waals surface area contributed by atoms with Gasteiger partial charge in [-0.25, -0.2) is 9.97 Å². The van der Waals surface area contributed by atoms with Gasteiger partial charge in [-0.05, 0) is 19.1 Å². The number of nitrogens with zero attached hydrogens (tertiary/aromatic N) is 3. The summed E-state index contributed by atoms with van der Waals surface area (Å²) in [5.74, 6) is -0.237. The van der Waals surface area contributed by atoms with E-state index in [1.165, 1.54) is 12.1 Å². The fourth-order valence-electron chi connectivity index (χ4n) is 1.66. The Hall–Kier alpha value is -1.59. The summed E-state index contributed by atoms with van der Waals surface area (Å²) in [6.07, 6.45) is 5.22. The molecule has 1 atom stereocenters. The smallest absolute Gasteiger partial charge is 0.251 e. The number of pyridine rings is 1. The minimum atomic E-state index is -0.237. The largest absolute Gasteiger partial charge is 0.348 e. The second-order valence-corrected chi connectivity index (χ2v) is 4.91. The van der Waals surface area contributed by atoms with Crippen molar-refractivity contribution in [2.24, 2.45) is 0 Å².